The van der Waals surface area contributed by atoms with Gasteiger partial charge in [-0.15, -0.1) is 0 Å². The lowest BCUT2D eigenvalue weighted by atomic mass is 10.0. The van der Waals surface area contributed by atoms with Crippen molar-refractivity contribution in [2.45, 2.75) is 25.4 Å². The summed E-state index contributed by atoms with van der Waals surface area (Å²) in [7, 11) is 0. The number of rotatable bonds is 5. The van der Waals surface area contributed by atoms with E-state index in [1.165, 1.54) is 6.07 Å². The van der Waals surface area contributed by atoms with Crippen LogP contribution in [-0.2, 0) is 6.18 Å². The molecule has 1 aliphatic carbocycles. The highest BCUT2D eigenvalue weighted by Gasteiger charge is 2.42. The van der Waals surface area contributed by atoms with Gasteiger partial charge >= 0.3 is 6.18 Å². The number of nitrogens with two attached hydrogens (primary N) is 1. The van der Waals surface area contributed by atoms with Gasteiger partial charge in [0.05, 0.1) is 12.2 Å². The summed E-state index contributed by atoms with van der Waals surface area (Å²) in [6.07, 6.45) is -1.37. The Morgan fingerprint density at radius 1 is 1.28 bits per heavy atom. The Kier molecular flexibility index (Phi) is 3.52. The van der Waals surface area contributed by atoms with E-state index >= 15 is 0 Å². The summed E-state index contributed by atoms with van der Waals surface area (Å²) in [6, 6.07) is 4.99. The van der Waals surface area contributed by atoms with Crippen molar-refractivity contribution in [2.75, 3.05) is 13.2 Å². The second kappa shape index (κ2) is 4.80. The fraction of sp³-hybridized carbons (Fsp3) is 0.538. The van der Waals surface area contributed by atoms with E-state index in [2.05, 4.69) is 0 Å². The van der Waals surface area contributed by atoms with Crippen LogP contribution in [0, 0.1) is 5.41 Å². The summed E-state index contributed by atoms with van der Waals surface area (Å²) in [4.78, 5) is 0. The lowest BCUT2D eigenvalue weighted by Gasteiger charge is -2.16. The van der Waals surface area contributed by atoms with Crippen LogP contribution in [0.4, 0.5) is 13.2 Å². The Bertz CT molecular complexity index is 413. The Hall–Kier alpha value is -1.23. The van der Waals surface area contributed by atoms with Crippen LogP contribution in [0.1, 0.15) is 24.8 Å². The second-order valence-electron chi connectivity index (χ2n) is 4.85. The van der Waals surface area contributed by atoms with Gasteiger partial charge in [0.1, 0.15) is 5.75 Å². The van der Waals surface area contributed by atoms with Gasteiger partial charge in [-0.1, -0.05) is 6.07 Å². The Morgan fingerprint density at radius 2 is 2.00 bits per heavy atom. The largest absolute Gasteiger partial charge is 0.493 e. The van der Waals surface area contributed by atoms with Crippen molar-refractivity contribution in [3.05, 3.63) is 29.8 Å². The zero-order valence-corrected chi connectivity index (χ0v) is 9.96. The summed E-state index contributed by atoms with van der Waals surface area (Å²) >= 11 is 0. The molecule has 5 heteroatoms. The molecule has 0 atom stereocenters. The lowest BCUT2D eigenvalue weighted by Crippen LogP contribution is -2.17. The number of hydrogen-bond acceptors (Lipinski definition) is 2. The highest BCUT2D eigenvalue weighted by molar-refractivity contribution is 5.30. The Balaban J connectivity index is 1.98. The van der Waals surface area contributed by atoms with Crippen molar-refractivity contribution in [2.24, 2.45) is 11.1 Å². The van der Waals surface area contributed by atoms with Crippen molar-refractivity contribution in [1.82, 2.24) is 0 Å². The molecule has 18 heavy (non-hydrogen) atoms. The van der Waals surface area contributed by atoms with Crippen LogP contribution in [0.2, 0.25) is 0 Å². The minimum Gasteiger partial charge on any atom is -0.493 e. The van der Waals surface area contributed by atoms with Crippen molar-refractivity contribution in [3.63, 3.8) is 0 Å². The van der Waals surface area contributed by atoms with E-state index in [4.69, 9.17) is 10.5 Å². The van der Waals surface area contributed by atoms with Gasteiger partial charge < -0.3 is 10.5 Å². The molecule has 0 unspecified atom stereocenters. The van der Waals surface area contributed by atoms with Gasteiger partial charge in [-0.05, 0) is 44.0 Å². The summed E-state index contributed by atoms with van der Waals surface area (Å²) in [5.41, 5.74) is 4.92. The van der Waals surface area contributed by atoms with E-state index in [0.717, 1.165) is 31.4 Å². The average Bonchev–Trinajstić information content (AvgIpc) is 3.07. The van der Waals surface area contributed by atoms with Crippen molar-refractivity contribution in [1.29, 1.82) is 0 Å². The van der Waals surface area contributed by atoms with E-state index in [0.29, 0.717) is 13.2 Å². The Labute approximate surface area is 104 Å². The highest BCUT2D eigenvalue weighted by Crippen LogP contribution is 2.48. The van der Waals surface area contributed by atoms with E-state index in [1.54, 1.807) is 6.07 Å². The molecule has 0 heterocycles. The lowest BCUT2D eigenvalue weighted by molar-refractivity contribution is -0.137. The van der Waals surface area contributed by atoms with Gasteiger partial charge in [0.25, 0.3) is 0 Å². The second-order valence-corrected chi connectivity index (χ2v) is 4.85. The number of alkyl halides is 3. The van der Waals surface area contributed by atoms with Crippen LogP contribution in [0.15, 0.2) is 24.3 Å². The van der Waals surface area contributed by atoms with Gasteiger partial charge in [0, 0.05) is 5.41 Å². The van der Waals surface area contributed by atoms with Crippen LogP contribution in [-0.4, -0.2) is 13.2 Å². The van der Waals surface area contributed by atoms with E-state index in [9.17, 15) is 13.2 Å². The van der Waals surface area contributed by atoms with Crippen LogP contribution < -0.4 is 10.5 Å². The van der Waals surface area contributed by atoms with Crippen molar-refractivity contribution in [3.8, 4) is 5.75 Å². The molecule has 100 valence electrons. The topological polar surface area (TPSA) is 35.2 Å². The minimum atomic E-state index is -4.33. The maximum Gasteiger partial charge on any atom is 0.416 e. The fourth-order valence-corrected chi connectivity index (χ4v) is 1.95. The molecule has 0 radical (unpaired) electrons. The Morgan fingerprint density at radius 3 is 2.56 bits per heavy atom. The smallest absolute Gasteiger partial charge is 0.416 e. The van der Waals surface area contributed by atoms with E-state index in [-0.39, 0.29) is 11.2 Å². The first-order chi connectivity index (χ1) is 8.45. The standard InChI is InChI=1S/C13H16F3NO/c14-13(15,16)10-2-1-3-11(8-10)18-9-12(4-5-12)6-7-17/h1-3,8H,4-7,9,17H2. The molecule has 2 nitrogen and oxygen atoms in total. The molecule has 1 aromatic carbocycles. The monoisotopic (exact) mass is 259 g/mol. The molecule has 0 bridgehead atoms. The predicted molar refractivity (Wildman–Crippen MR) is 62.3 cm³/mol. The number of halogens is 3. The molecule has 0 aromatic heterocycles. The zero-order chi connectivity index (χ0) is 13.2. The molecule has 0 amide bonds. The van der Waals surface area contributed by atoms with Gasteiger partial charge in [0.2, 0.25) is 0 Å². The van der Waals surface area contributed by atoms with Crippen molar-refractivity contribution < 1.29 is 17.9 Å². The van der Waals surface area contributed by atoms with Crippen LogP contribution in [0.5, 0.6) is 5.75 Å². The SMILES string of the molecule is NCCC1(COc2cccc(C(F)(F)F)c2)CC1. The van der Waals surface area contributed by atoms with Gasteiger partial charge in [0.15, 0.2) is 0 Å². The van der Waals surface area contributed by atoms with Crippen molar-refractivity contribution >= 4 is 0 Å². The van der Waals surface area contributed by atoms with Gasteiger partial charge in [-0.2, -0.15) is 13.2 Å². The summed E-state index contributed by atoms with van der Waals surface area (Å²) in [6.45, 7) is 1.04. The maximum atomic E-state index is 12.5. The summed E-state index contributed by atoms with van der Waals surface area (Å²) in [5, 5.41) is 0. The normalized spacial score (nSPS) is 17.6. The third-order valence-electron chi connectivity index (χ3n) is 3.34. The minimum absolute atomic E-state index is 0.100. The summed E-state index contributed by atoms with van der Waals surface area (Å²) < 4.78 is 43.0. The molecular formula is C13H16F3NO. The molecule has 1 fully saturated rings. The fourth-order valence-electron chi connectivity index (χ4n) is 1.95. The molecule has 0 saturated heterocycles. The molecule has 0 spiro atoms. The third kappa shape index (κ3) is 3.16. The predicted octanol–water partition coefficient (Wildman–Crippen LogP) is 3.21. The molecule has 0 aliphatic heterocycles. The highest BCUT2D eigenvalue weighted by atomic mass is 19.4. The van der Waals surface area contributed by atoms with E-state index in [1.807, 2.05) is 0 Å². The van der Waals surface area contributed by atoms with Gasteiger partial charge in [-0.25, -0.2) is 0 Å². The molecule has 2 rings (SSSR count). The summed E-state index contributed by atoms with van der Waals surface area (Å²) in [5.74, 6) is 0.271. The zero-order valence-electron chi connectivity index (χ0n) is 9.96. The first-order valence-corrected chi connectivity index (χ1v) is 5.95. The van der Waals surface area contributed by atoms with Crippen LogP contribution in [0.25, 0.3) is 0 Å². The molecule has 1 aromatic rings. The molecule has 2 N–H and O–H groups in total. The number of benzene rings is 1. The maximum absolute atomic E-state index is 12.5. The number of ether oxygens (including phenoxy) is 1. The van der Waals surface area contributed by atoms with Crippen LogP contribution in [0.3, 0.4) is 0 Å². The quantitative estimate of drug-likeness (QED) is 0.881. The first kappa shape index (κ1) is 13.2. The molecule has 1 saturated carbocycles. The first-order valence-electron chi connectivity index (χ1n) is 5.95. The molecule has 1 aliphatic rings. The van der Waals surface area contributed by atoms with Gasteiger partial charge in [-0.3, -0.25) is 0 Å². The van der Waals surface area contributed by atoms with E-state index < -0.39 is 11.7 Å². The third-order valence-corrected chi connectivity index (χ3v) is 3.34. The average molecular weight is 259 g/mol. The number of hydrogen-bond donors (Lipinski definition) is 1. The van der Waals surface area contributed by atoms with Crippen LogP contribution >= 0.6 is 0 Å². The molecular weight excluding hydrogens is 243 g/mol.